The second-order valence-corrected chi connectivity index (χ2v) is 7.93. The standard InChI is InChI=1S/C24H27N3O3/c1-16-12-23-20(24(29)27(15-30-23)21-4-2-5-22(21)28)14-18(16)13-17-6-8-19(9-7-17)26-11-3-10-25/h3,6-12,14,21-22,25-26,28H,2,4-5,13,15H2,1H3/b11-3-,25-10?/t21-,22-/m0/s1. The van der Waals surface area contributed by atoms with Gasteiger partial charge in [-0.2, -0.15) is 0 Å². The number of benzene rings is 2. The highest BCUT2D eigenvalue weighted by atomic mass is 16.5. The number of rotatable bonds is 6. The van der Waals surface area contributed by atoms with Crippen LogP contribution in [0.15, 0.2) is 48.7 Å². The Bertz CT molecular complexity index is 968. The fraction of sp³-hybridized carbons (Fsp3) is 0.333. The van der Waals surface area contributed by atoms with Gasteiger partial charge in [0.1, 0.15) is 5.75 Å². The van der Waals surface area contributed by atoms with E-state index in [1.807, 2.05) is 31.2 Å². The normalized spacial score (nSPS) is 20.9. The number of nitrogens with zero attached hydrogens (tertiary/aromatic N) is 1. The molecule has 1 aliphatic heterocycles. The van der Waals surface area contributed by atoms with Crippen LogP contribution in [0.25, 0.3) is 0 Å². The van der Waals surface area contributed by atoms with Gasteiger partial charge in [-0.1, -0.05) is 12.1 Å². The molecule has 0 aromatic heterocycles. The van der Waals surface area contributed by atoms with Crippen molar-refractivity contribution in [3.8, 4) is 5.75 Å². The lowest BCUT2D eigenvalue weighted by atomic mass is 9.96. The molecule has 0 spiro atoms. The molecule has 1 saturated carbocycles. The summed E-state index contributed by atoms with van der Waals surface area (Å²) in [4.78, 5) is 14.8. The Balaban J connectivity index is 1.53. The molecule has 6 nitrogen and oxygen atoms in total. The third-order valence-corrected chi connectivity index (χ3v) is 5.92. The van der Waals surface area contributed by atoms with Crippen LogP contribution in [-0.4, -0.2) is 41.0 Å². The minimum absolute atomic E-state index is 0.0546. The zero-order valence-electron chi connectivity index (χ0n) is 17.1. The molecule has 156 valence electrons. The molecule has 0 bridgehead atoms. The molecule has 1 aliphatic carbocycles. The van der Waals surface area contributed by atoms with Gasteiger partial charge >= 0.3 is 0 Å². The zero-order chi connectivity index (χ0) is 21.1. The molecule has 1 fully saturated rings. The number of amides is 1. The van der Waals surface area contributed by atoms with Gasteiger partial charge in [0.15, 0.2) is 6.73 Å². The smallest absolute Gasteiger partial charge is 0.260 e. The Kier molecular flexibility index (Phi) is 5.86. The quantitative estimate of drug-likeness (QED) is 0.637. The third kappa shape index (κ3) is 4.09. The topological polar surface area (TPSA) is 85.7 Å². The number of aryl methyl sites for hydroxylation is 1. The summed E-state index contributed by atoms with van der Waals surface area (Å²) in [6, 6.07) is 11.8. The highest BCUT2D eigenvalue weighted by Crippen LogP contribution is 2.33. The van der Waals surface area contributed by atoms with Crippen molar-refractivity contribution in [1.82, 2.24) is 4.90 Å². The van der Waals surface area contributed by atoms with E-state index in [1.54, 1.807) is 17.2 Å². The number of carbonyl (C=O) groups is 1. The first-order chi connectivity index (χ1) is 14.6. The van der Waals surface area contributed by atoms with Crippen LogP contribution in [0.5, 0.6) is 5.75 Å². The van der Waals surface area contributed by atoms with Gasteiger partial charge in [0.2, 0.25) is 0 Å². The number of fused-ring (bicyclic) bond motifs is 1. The maximum atomic E-state index is 13.1. The van der Waals surface area contributed by atoms with Crippen molar-refractivity contribution in [2.45, 2.75) is 44.8 Å². The maximum Gasteiger partial charge on any atom is 0.260 e. The fourth-order valence-electron chi connectivity index (χ4n) is 4.22. The summed E-state index contributed by atoms with van der Waals surface area (Å²) >= 11 is 0. The fourth-order valence-corrected chi connectivity index (χ4v) is 4.22. The molecule has 0 saturated heterocycles. The van der Waals surface area contributed by atoms with E-state index >= 15 is 0 Å². The number of nitrogens with one attached hydrogen (secondary N) is 2. The van der Waals surface area contributed by atoms with E-state index in [4.69, 9.17) is 10.1 Å². The van der Waals surface area contributed by atoms with Crippen LogP contribution in [0.3, 0.4) is 0 Å². The van der Waals surface area contributed by atoms with E-state index in [0.29, 0.717) is 11.3 Å². The molecule has 0 unspecified atom stereocenters. The average Bonchev–Trinajstić information content (AvgIpc) is 3.16. The monoisotopic (exact) mass is 405 g/mol. The molecule has 0 radical (unpaired) electrons. The summed E-state index contributed by atoms with van der Waals surface area (Å²) in [5, 5.41) is 20.3. The molecule has 6 heteroatoms. The van der Waals surface area contributed by atoms with Crippen molar-refractivity contribution in [3.63, 3.8) is 0 Å². The van der Waals surface area contributed by atoms with E-state index < -0.39 is 6.10 Å². The van der Waals surface area contributed by atoms with Crippen LogP contribution in [-0.2, 0) is 6.42 Å². The number of hydrogen-bond acceptors (Lipinski definition) is 5. The molecule has 2 aromatic rings. The largest absolute Gasteiger partial charge is 0.472 e. The highest BCUT2D eigenvalue weighted by molar-refractivity contribution is 5.98. The molecule has 2 atom stereocenters. The van der Waals surface area contributed by atoms with Crippen molar-refractivity contribution in [2.24, 2.45) is 0 Å². The van der Waals surface area contributed by atoms with Crippen molar-refractivity contribution in [2.75, 3.05) is 12.0 Å². The number of aliphatic hydroxyl groups excluding tert-OH is 1. The van der Waals surface area contributed by atoms with E-state index in [9.17, 15) is 9.90 Å². The molecule has 2 aliphatic rings. The molecule has 4 rings (SSSR count). The SMILES string of the molecule is Cc1cc2c(cc1Cc1ccc(N/C=C\C=N)cc1)C(=O)N([C@H]1CCC[C@@H]1O)CO2. The van der Waals surface area contributed by atoms with Crippen molar-refractivity contribution in [3.05, 3.63) is 70.9 Å². The molecule has 2 aromatic carbocycles. The van der Waals surface area contributed by atoms with Crippen molar-refractivity contribution >= 4 is 17.8 Å². The highest BCUT2D eigenvalue weighted by Gasteiger charge is 2.37. The van der Waals surface area contributed by atoms with E-state index in [2.05, 4.69) is 17.4 Å². The summed E-state index contributed by atoms with van der Waals surface area (Å²) < 4.78 is 5.88. The summed E-state index contributed by atoms with van der Waals surface area (Å²) in [6.45, 7) is 2.24. The zero-order valence-corrected chi connectivity index (χ0v) is 17.1. The van der Waals surface area contributed by atoms with Crippen LogP contribution in [0, 0.1) is 12.3 Å². The Morgan fingerprint density at radius 1 is 1.27 bits per heavy atom. The van der Waals surface area contributed by atoms with Crippen LogP contribution in [0.2, 0.25) is 0 Å². The summed E-state index contributed by atoms with van der Waals surface area (Å²) in [6.07, 6.45) is 7.30. The summed E-state index contributed by atoms with van der Waals surface area (Å²) in [7, 11) is 0. The lowest BCUT2D eigenvalue weighted by Crippen LogP contribution is -2.48. The molecular formula is C24H27N3O3. The number of allylic oxidation sites excluding steroid dienone is 1. The number of anilines is 1. The molecular weight excluding hydrogens is 378 g/mol. The molecule has 1 heterocycles. The van der Waals surface area contributed by atoms with Gasteiger partial charge in [-0.25, -0.2) is 0 Å². The van der Waals surface area contributed by atoms with E-state index in [0.717, 1.165) is 48.1 Å². The average molecular weight is 405 g/mol. The predicted octanol–water partition coefficient (Wildman–Crippen LogP) is 3.87. The second kappa shape index (κ2) is 8.71. The number of aliphatic hydroxyl groups is 1. The summed E-state index contributed by atoms with van der Waals surface area (Å²) in [5.74, 6) is 0.573. The van der Waals surface area contributed by atoms with Crippen LogP contribution < -0.4 is 10.1 Å². The van der Waals surface area contributed by atoms with Gasteiger partial charge in [-0.3, -0.25) is 9.69 Å². The predicted molar refractivity (Wildman–Crippen MR) is 117 cm³/mol. The van der Waals surface area contributed by atoms with Gasteiger partial charge in [0.25, 0.3) is 5.91 Å². The van der Waals surface area contributed by atoms with Gasteiger partial charge in [0, 0.05) is 18.1 Å². The van der Waals surface area contributed by atoms with E-state index in [-0.39, 0.29) is 18.7 Å². The second-order valence-electron chi connectivity index (χ2n) is 7.93. The molecule has 3 N–H and O–H groups in total. The van der Waals surface area contributed by atoms with Crippen molar-refractivity contribution < 1.29 is 14.6 Å². The van der Waals surface area contributed by atoms with Crippen LogP contribution >= 0.6 is 0 Å². The first-order valence-electron chi connectivity index (χ1n) is 10.3. The summed E-state index contributed by atoms with van der Waals surface area (Å²) in [5.41, 5.74) is 4.85. The Morgan fingerprint density at radius 2 is 2.07 bits per heavy atom. The lowest BCUT2D eigenvalue weighted by molar-refractivity contribution is 0.0127. The van der Waals surface area contributed by atoms with Gasteiger partial charge in [0.05, 0.1) is 17.7 Å². The Morgan fingerprint density at radius 3 is 2.77 bits per heavy atom. The third-order valence-electron chi connectivity index (χ3n) is 5.92. The molecule has 30 heavy (non-hydrogen) atoms. The Labute approximate surface area is 176 Å². The molecule has 1 amide bonds. The van der Waals surface area contributed by atoms with E-state index in [1.165, 1.54) is 6.21 Å². The van der Waals surface area contributed by atoms with Crippen molar-refractivity contribution in [1.29, 1.82) is 5.41 Å². The van der Waals surface area contributed by atoms with Crippen LogP contribution in [0.1, 0.15) is 46.3 Å². The Hall–Kier alpha value is -3.12. The minimum atomic E-state index is -0.468. The first-order valence-corrected chi connectivity index (χ1v) is 10.3. The number of ether oxygens (including phenoxy) is 1. The van der Waals surface area contributed by atoms with Gasteiger partial charge in [-0.15, -0.1) is 0 Å². The van der Waals surface area contributed by atoms with Crippen LogP contribution in [0.4, 0.5) is 5.69 Å². The first kappa shape index (κ1) is 20.2. The maximum absolute atomic E-state index is 13.1. The van der Waals surface area contributed by atoms with Gasteiger partial charge < -0.3 is 20.6 Å². The number of hydrogen-bond donors (Lipinski definition) is 3. The van der Waals surface area contributed by atoms with Gasteiger partial charge in [-0.05, 0) is 79.6 Å². The number of carbonyl (C=O) groups excluding carboxylic acids is 1. The minimum Gasteiger partial charge on any atom is -0.472 e. The lowest BCUT2D eigenvalue weighted by Gasteiger charge is -2.35.